The van der Waals surface area contributed by atoms with Crippen molar-refractivity contribution < 1.29 is 0 Å². The van der Waals surface area contributed by atoms with Crippen molar-refractivity contribution in [1.29, 1.82) is 0 Å². The third-order valence-corrected chi connectivity index (χ3v) is 12.4. The molecule has 60 heavy (non-hydrogen) atoms. The molecule has 2 heteroatoms. The SMILES string of the molecule is c1ccc(-c2ccc(N(c3ccccc3)c3ccc(-c4cc5c6c(c4)CCc4cc(N(c7ccccc7)c7ccc(-c8ccccc8)cc7)cc(c4-6)CC5)cc3)cc2)cc1. The van der Waals surface area contributed by atoms with Crippen LogP contribution in [0, 0.1) is 0 Å². The monoisotopic (exact) mass is 768 g/mol. The quantitative estimate of drug-likeness (QED) is 0.144. The van der Waals surface area contributed by atoms with Crippen LogP contribution in [0.15, 0.2) is 218 Å². The molecule has 0 aliphatic heterocycles. The summed E-state index contributed by atoms with van der Waals surface area (Å²) in [5.74, 6) is 0. The van der Waals surface area contributed by atoms with Crippen molar-refractivity contribution in [3.05, 3.63) is 241 Å². The summed E-state index contributed by atoms with van der Waals surface area (Å²) in [5.41, 5.74) is 23.3. The number of benzene rings is 9. The van der Waals surface area contributed by atoms with Gasteiger partial charge >= 0.3 is 0 Å². The van der Waals surface area contributed by atoms with Gasteiger partial charge in [0.2, 0.25) is 0 Å². The molecule has 0 unspecified atom stereocenters. The Bertz CT molecular complexity index is 2870. The molecule has 2 aliphatic carbocycles. The Morgan fingerprint density at radius 1 is 0.217 bits per heavy atom. The van der Waals surface area contributed by atoms with Crippen molar-refractivity contribution in [2.45, 2.75) is 25.7 Å². The molecular weight excluding hydrogens is 725 g/mol. The first-order chi connectivity index (χ1) is 29.7. The van der Waals surface area contributed by atoms with Crippen molar-refractivity contribution in [3.8, 4) is 44.5 Å². The molecular formula is C58H44N2. The van der Waals surface area contributed by atoms with Gasteiger partial charge in [0.25, 0.3) is 0 Å². The van der Waals surface area contributed by atoms with Gasteiger partial charge in [-0.1, -0.05) is 146 Å². The highest BCUT2D eigenvalue weighted by Gasteiger charge is 2.28. The molecule has 286 valence electrons. The van der Waals surface area contributed by atoms with Crippen molar-refractivity contribution in [2.75, 3.05) is 9.80 Å². The largest absolute Gasteiger partial charge is 0.311 e. The molecule has 11 rings (SSSR count). The minimum atomic E-state index is 1.04. The van der Waals surface area contributed by atoms with Gasteiger partial charge < -0.3 is 9.80 Å². The van der Waals surface area contributed by atoms with E-state index < -0.39 is 0 Å². The maximum absolute atomic E-state index is 2.47. The van der Waals surface area contributed by atoms with E-state index in [0.717, 1.165) is 42.7 Å². The Kier molecular flexibility index (Phi) is 9.17. The van der Waals surface area contributed by atoms with Crippen LogP contribution in [-0.2, 0) is 25.7 Å². The van der Waals surface area contributed by atoms with Crippen LogP contribution in [0.1, 0.15) is 22.3 Å². The van der Waals surface area contributed by atoms with Gasteiger partial charge in [-0.15, -0.1) is 0 Å². The maximum Gasteiger partial charge on any atom is 0.0467 e. The second kappa shape index (κ2) is 15.4. The third kappa shape index (κ3) is 6.67. The molecule has 0 amide bonds. The van der Waals surface area contributed by atoms with Crippen LogP contribution in [0.5, 0.6) is 0 Å². The lowest BCUT2D eigenvalue weighted by atomic mass is 9.74. The smallest absolute Gasteiger partial charge is 0.0467 e. The molecule has 0 spiro atoms. The van der Waals surface area contributed by atoms with Crippen molar-refractivity contribution in [3.63, 3.8) is 0 Å². The van der Waals surface area contributed by atoms with E-state index in [2.05, 4.69) is 228 Å². The van der Waals surface area contributed by atoms with E-state index in [-0.39, 0.29) is 0 Å². The fraction of sp³-hybridized carbons (Fsp3) is 0.0690. The van der Waals surface area contributed by atoms with Crippen LogP contribution in [0.2, 0.25) is 0 Å². The van der Waals surface area contributed by atoms with Crippen molar-refractivity contribution in [1.82, 2.24) is 0 Å². The molecule has 0 radical (unpaired) electrons. The molecule has 2 nitrogen and oxygen atoms in total. The molecule has 0 heterocycles. The van der Waals surface area contributed by atoms with Gasteiger partial charge in [-0.3, -0.25) is 0 Å². The van der Waals surface area contributed by atoms with Crippen molar-refractivity contribution >= 4 is 34.1 Å². The first-order valence-corrected chi connectivity index (χ1v) is 21.2. The average Bonchev–Trinajstić information content (AvgIpc) is 3.33. The van der Waals surface area contributed by atoms with Crippen molar-refractivity contribution in [2.24, 2.45) is 0 Å². The first-order valence-electron chi connectivity index (χ1n) is 21.2. The summed E-state index contributed by atoms with van der Waals surface area (Å²) >= 11 is 0. The lowest BCUT2D eigenvalue weighted by molar-refractivity contribution is 0.876. The molecule has 0 saturated heterocycles. The Hall–Kier alpha value is -7.42. The predicted molar refractivity (Wildman–Crippen MR) is 252 cm³/mol. The summed E-state index contributed by atoms with van der Waals surface area (Å²) in [5, 5.41) is 0. The van der Waals surface area contributed by atoms with E-state index in [4.69, 9.17) is 0 Å². The minimum Gasteiger partial charge on any atom is -0.311 e. The molecule has 9 aromatic rings. The van der Waals surface area contributed by atoms with Crippen LogP contribution in [0.25, 0.3) is 44.5 Å². The molecule has 0 aromatic heterocycles. The van der Waals surface area contributed by atoms with Crippen LogP contribution in [0.3, 0.4) is 0 Å². The number of hydrogen-bond acceptors (Lipinski definition) is 2. The highest BCUT2D eigenvalue weighted by Crippen LogP contribution is 2.48. The zero-order valence-corrected chi connectivity index (χ0v) is 33.5. The fourth-order valence-electron chi connectivity index (χ4n) is 9.50. The molecule has 0 saturated carbocycles. The van der Waals surface area contributed by atoms with E-state index in [1.807, 2.05) is 0 Å². The molecule has 0 fully saturated rings. The lowest BCUT2D eigenvalue weighted by Crippen LogP contribution is -2.17. The van der Waals surface area contributed by atoms with Gasteiger partial charge in [-0.05, 0) is 165 Å². The highest BCUT2D eigenvalue weighted by atomic mass is 15.1. The molecule has 9 aromatic carbocycles. The van der Waals surface area contributed by atoms with E-state index >= 15 is 0 Å². The third-order valence-electron chi connectivity index (χ3n) is 12.4. The zero-order chi connectivity index (χ0) is 39.8. The van der Waals surface area contributed by atoms with Crippen LogP contribution in [0.4, 0.5) is 34.1 Å². The van der Waals surface area contributed by atoms with Gasteiger partial charge in [0.1, 0.15) is 0 Å². The summed E-state index contributed by atoms with van der Waals surface area (Å²) in [6.07, 6.45) is 4.16. The average molecular weight is 769 g/mol. The van der Waals surface area contributed by atoms with Gasteiger partial charge in [-0.2, -0.15) is 0 Å². The Morgan fingerprint density at radius 2 is 0.483 bits per heavy atom. The fourth-order valence-corrected chi connectivity index (χ4v) is 9.50. The van der Waals surface area contributed by atoms with Gasteiger partial charge in [0, 0.05) is 34.1 Å². The summed E-state index contributed by atoms with van der Waals surface area (Å²) in [6, 6.07) is 79.7. The number of para-hydroxylation sites is 2. The topological polar surface area (TPSA) is 6.48 Å². The number of rotatable bonds is 9. The second-order valence-corrected chi connectivity index (χ2v) is 16.0. The van der Waals surface area contributed by atoms with E-state index in [0.29, 0.717) is 0 Å². The summed E-state index contributed by atoms with van der Waals surface area (Å²) < 4.78 is 0. The summed E-state index contributed by atoms with van der Waals surface area (Å²) in [4.78, 5) is 4.78. The number of aryl methyl sites for hydroxylation is 4. The Balaban J connectivity index is 0.913. The minimum absolute atomic E-state index is 1.04. The van der Waals surface area contributed by atoms with Gasteiger partial charge in [0.15, 0.2) is 0 Å². The molecule has 0 atom stereocenters. The predicted octanol–water partition coefficient (Wildman–Crippen LogP) is 15.5. The molecule has 0 bridgehead atoms. The van der Waals surface area contributed by atoms with Gasteiger partial charge in [0.05, 0.1) is 0 Å². The molecule has 0 N–H and O–H groups in total. The van der Waals surface area contributed by atoms with E-state index in [1.54, 1.807) is 0 Å². The van der Waals surface area contributed by atoms with Gasteiger partial charge in [-0.25, -0.2) is 0 Å². The lowest BCUT2D eigenvalue weighted by Gasteiger charge is -2.33. The van der Waals surface area contributed by atoms with Crippen LogP contribution < -0.4 is 9.80 Å². The normalized spacial score (nSPS) is 12.4. The Labute approximate surface area is 353 Å². The Morgan fingerprint density at radius 3 is 0.850 bits per heavy atom. The number of nitrogens with zero attached hydrogens (tertiary/aromatic N) is 2. The summed E-state index contributed by atoms with van der Waals surface area (Å²) in [7, 11) is 0. The second-order valence-electron chi connectivity index (χ2n) is 16.0. The standard InChI is InChI=1S/C58H44N2/c1-5-13-41(14-6-1)43-25-31-53(32-26-43)59(51-17-9-3-10-18-51)54-35-29-45(30-36-54)50-37-46-21-23-48-39-56(40-49-24-22-47(38-50)57(46)58(48)49)60(52-19-11-4-12-20-52)55-33-27-44(28-34-55)42-15-7-2-8-16-42/h1-20,25-40H,21-24H2. The van der Waals surface area contributed by atoms with E-state index in [9.17, 15) is 0 Å². The van der Waals surface area contributed by atoms with Crippen LogP contribution in [-0.4, -0.2) is 0 Å². The first kappa shape index (κ1) is 35.7. The number of anilines is 6. The maximum atomic E-state index is 2.47. The van der Waals surface area contributed by atoms with E-state index in [1.165, 1.54) is 83.8 Å². The number of hydrogen-bond donors (Lipinski definition) is 0. The zero-order valence-electron chi connectivity index (χ0n) is 33.5. The summed E-state index contributed by atoms with van der Waals surface area (Å²) in [6.45, 7) is 0. The highest BCUT2D eigenvalue weighted by molar-refractivity contribution is 5.88. The van der Waals surface area contributed by atoms with Crippen LogP contribution >= 0.6 is 0 Å². The molecule has 2 aliphatic rings.